The second kappa shape index (κ2) is 4.66. The number of rotatable bonds is 1. The summed E-state index contributed by atoms with van der Waals surface area (Å²) in [7, 11) is -0.731. The number of benzene rings is 2. The zero-order valence-electron chi connectivity index (χ0n) is 11.7. The van der Waals surface area contributed by atoms with E-state index in [-0.39, 0.29) is 10.6 Å². The molecular weight excluding hydrogens is 290 g/mol. The van der Waals surface area contributed by atoms with Gasteiger partial charge in [0.2, 0.25) is 0 Å². The first-order chi connectivity index (χ1) is 9.96. The molecule has 0 aliphatic carbocycles. The Balaban J connectivity index is 2.38. The van der Waals surface area contributed by atoms with E-state index in [9.17, 15) is 13.5 Å². The lowest BCUT2D eigenvalue weighted by Gasteiger charge is -2.21. The highest BCUT2D eigenvalue weighted by Gasteiger charge is 2.32. The Morgan fingerprint density at radius 2 is 1.90 bits per heavy atom. The minimum atomic E-state index is -3.73. The zero-order valence-corrected chi connectivity index (χ0v) is 12.5. The van der Waals surface area contributed by atoms with Crippen LogP contribution in [0.2, 0.25) is 0 Å². The second-order valence-corrected chi connectivity index (χ2v) is 6.81. The average molecular weight is 305 g/mol. The molecule has 1 aliphatic rings. The molecule has 0 bridgehead atoms. The molecule has 0 aromatic heterocycles. The summed E-state index contributed by atoms with van der Waals surface area (Å²) in [6.45, 7) is 0. The smallest absolute Gasteiger partial charge is 0.264 e. The average Bonchev–Trinajstić information content (AvgIpc) is 2.55. The predicted octanol–water partition coefficient (Wildman–Crippen LogP) is 2.13. The summed E-state index contributed by atoms with van der Waals surface area (Å²) in [6, 6.07) is 9.92. The van der Waals surface area contributed by atoms with Crippen LogP contribution in [-0.4, -0.2) is 27.7 Å². The van der Waals surface area contributed by atoms with Gasteiger partial charge in [0.25, 0.3) is 10.0 Å². The van der Waals surface area contributed by atoms with Gasteiger partial charge < -0.3 is 9.84 Å². The van der Waals surface area contributed by atoms with Crippen LogP contribution in [0.3, 0.4) is 0 Å². The van der Waals surface area contributed by atoms with Crippen molar-refractivity contribution in [1.29, 1.82) is 0 Å². The maximum Gasteiger partial charge on any atom is 0.264 e. The molecule has 3 rings (SSSR count). The van der Waals surface area contributed by atoms with E-state index in [1.54, 1.807) is 6.07 Å². The highest BCUT2D eigenvalue weighted by Crippen LogP contribution is 2.41. The molecule has 110 valence electrons. The van der Waals surface area contributed by atoms with Gasteiger partial charge in [-0.25, -0.2) is 8.42 Å². The van der Waals surface area contributed by atoms with Crippen LogP contribution in [-0.2, 0) is 16.4 Å². The van der Waals surface area contributed by atoms with Crippen LogP contribution in [0.1, 0.15) is 11.1 Å². The standard InChI is InChI=1S/C15H15NO4S/c1-16-15-10(5-3-7-13(15)20-2)9-11-12(17)6-4-8-14(11)21(16,18)19/h3-8,17H,9H2,1-2H3. The van der Waals surface area contributed by atoms with Crippen molar-refractivity contribution < 1.29 is 18.3 Å². The van der Waals surface area contributed by atoms with Crippen molar-refractivity contribution in [1.82, 2.24) is 0 Å². The molecule has 1 heterocycles. The van der Waals surface area contributed by atoms with E-state index in [1.165, 1.54) is 36.7 Å². The summed E-state index contributed by atoms with van der Waals surface area (Å²) >= 11 is 0. The monoisotopic (exact) mass is 305 g/mol. The number of methoxy groups -OCH3 is 1. The van der Waals surface area contributed by atoms with Gasteiger partial charge in [0.05, 0.1) is 17.7 Å². The number of aromatic hydroxyl groups is 1. The summed E-state index contributed by atoms with van der Waals surface area (Å²) in [5.74, 6) is 0.478. The molecule has 0 atom stereocenters. The number of nitrogens with zero attached hydrogens (tertiary/aromatic N) is 1. The molecule has 2 aromatic rings. The number of ether oxygens (including phenoxy) is 1. The molecule has 21 heavy (non-hydrogen) atoms. The largest absolute Gasteiger partial charge is 0.508 e. The molecule has 2 aromatic carbocycles. The molecule has 0 unspecified atom stereocenters. The molecule has 6 heteroatoms. The molecule has 0 saturated carbocycles. The van der Waals surface area contributed by atoms with Crippen molar-refractivity contribution in [3.63, 3.8) is 0 Å². The fourth-order valence-corrected chi connectivity index (χ4v) is 4.15. The Morgan fingerprint density at radius 3 is 2.62 bits per heavy atom. The second-order valence-electron chi connectivity index (χ2n) is 4.87. The van der Waals surface area contributed by atoms with Crippen LogP contribution >= 0.6 is 0 Å². The van der Waals surface area contributed by atoms with Gasteiger partial charge >= 0.3 is 0 Å². The predicted molar refractivity (Wildman–Crippen MR) is 79.5 cm³/mol. The lowest BCUT2D eigenvalue weighted by molar-refractivity contribution is 0.415. The Labute approximate surface area is 123 Å². The van der Waals surface area contributed by atoms with Crippen molar-refractivity contribution >= 4 is 15.7 Å². The molecular formula is C15H15NO4S. The highest BCUT2D eigenvalue weighted by molar-refractivity contribution is 7.92. The first kappa shape index (κ1) is 13.8. The van der Waals surface area contributed by atoms with Crippen molar-refractivity contribution in [2.75, 3.05) is 18.5 Å². The van der Waals surface area contributed by atoms with Gasteiger partial charge in [0.15, 0.2) is 0 Å². The van der Waals surface area contributed by atoms with E-state index < -0.39 is 10.0 Å². The van der Waals surface area contributed by atoms with Crippen LogP contribution in [0.4, 0.5) is 5.69 Å². The molecule has 0 saturated heterocycles. The molecule has 0 amide bonds. The summed E-state index contributed by atoms with van der Waals surface area (Å²) in [5, 5.41) is 10.0. The van der Waals surface area contributed by atoms with E-state index in [0.29, 0.717) is 23.4 Å². The number of fused-ring (bicyclic) bond motifs is 2. The minimum Gasteiger partial charge on any atom is -0.508 e. The van der Waals surface area contributed by atoms with Crippen LogP contribution in [0.5, 0.6) is 11.5 Å². The van der Waals surface area contributed by atoms with Crippen LogP contribution in [0, 0.1) is 0 Å². The normalized spacial score (nSPS) is 15.8. The third kappa shape index (κ3) is 1.94. The number of hydrogen-bond donors (Lipinski definition) is 1. The quantitative estimate of drug-likeness (QED) is 0.876. The van der Waals surface area contributed by atoms with Crippen LogP contribution in [0.25, 0.3) is 0 Å². The Morgan fingerprint density at radius 1 is 1.19 bits per heavy atom. The van der Waals surface area contributed by atoms with E-state index in [0.717, 1.165) is 5.56 Å². The molecule has 0 fully saturated rings. The number of sulfonamides is 1. The first-order valence-electron chi connectivity index (χ1n) is 6.42. The van der Waals surface area contributed by atoms with Gasteiger partial charge in [0.1, 0.15) is 11.5 Å². The number of hydrogen-bond acceptors (Lipinski definition) is 4. The van der Waals surface area contributed by atoms with Crippen molar-refractivity contribution in [3.8, 4) is 11.5 Å². The van der Waals surface area contributed by atoms with Gasteiger partial charge in [-0.2, -0.15) is 0 Å². The number of phenolic OH excluding ortho intramolecular Hbond substituents is 1. The van der Waals surface area contributed by atoms with Gasteiger partial charge in [-0.05, 0) is 23.8 Å². The van der Waals surface area contributed by atoms with Crippen molar-refractivity contribution in [3.05, 3.63) is 47.5 Å². The van der Waals surface area contributed by atoms with E-state index in [2.05, 4.69) is 0 Å². The van der Waals surface area contributed by atoms with Gasteiger partial charge in [-0.1, -0.05) is 18.2 Å². The molecule has 0 spiro atoms. The SMILES string of the molecule is COc1cccc2c1N(C)S(=O)(=O)c1cccc(O)c1C2. The Hall–Kier alpha value is -2.21. The van der Waals surface area contributed by atoms with Crippen molar-refractivity contribution in [2.45, 2.75) is 11.3 Å². The number of phenols is 1. The topological polar surface area (TPSA) is 66.8 Å². The van der Waals surface area contributed by atoms with Crippen LogP contribution in [0.15, 0.2) is 41.3 Å². The summed E-state index contributed by atoms with van der Waals surface area (Å²) < 4.78 is 32.0. The van der Waals surface area contributed by atoms with Gasteiger partial charge in [-0.3, -0.25) is 4.31 Å². The lowest BCUT2D eigenvalue weighted by atomic mass is 10.0. The maximum absolute atomic E-state index is 12.8. The number of anilines is 1. The van der Waals surface area contributed by atoms with Crippen molar-refractivity contribution in [2.24, 2.45) is 0 Å². The Kier molecular flexibility index (Phi) is 3.06. The van der Waals surface area contributed by atoms with E-state index >= 15 is 0 Å². The fraction of sp³-hybridized carbons (Fsp3) is 0.200. The first-order valence-corrected chi connectivity index (χ1v) is 7.86. The highest BCUT2D eigenvalue weighted by atomic mass is 32.2. The van der Waals surface area contributed by atoms with E-state index in [4.69, 9.17) is 4.74 Å². The zero-order chi connectivity index (χ0) is 15.2. The third-order valence-corrected chi connectivity index (χ3v) is 5.57. The molecule has 0 radical (unpaired) electrons. The van der Waals surface area contributed by atoms with E-state index in [1.807, 2.05) is 12.1 Å². The molecule has 1 N–H and O–H groups in total. The third-order valence-electron chi connectivity index (χ3n) is 3.73. The van der Waals surface area contributed by atoms with Gasteiger partial charge in [0, 0.05) is 19.0 Å². The lowest BCUT2D eigenvalue weighted by Crippen LogP contribution is -2.26. The minimum absolute atomic E-state index is 0.0138. The molecule has 1 aliphatic heterocycles. The maximum atomic E-state index is 12.8. The summed E-state index contributed by atoms with van der Waals surface area (Å²) in [4.78, 5) is 0.128. The van der Waals surface area contributed by atoms with Gasteiger partial charge in [-0.15, -0.1) is 0 Å². The summed E-state index contributed by atoms with van der Waals surface area (Å²) in [5.41, 5.74) is 1.72. The molecule has 5 nitrogen and oxygen atoms in total. The number of para-hydroxylation sites is 1. The Bertz CT molecular complexity index is 814. The summed E-state index contributed by atoms with van der Waals surface area (Å²) in [6.07, 6.45) is 0.331. The van der Waals surface area contributed by atoms with Crippen LogP contribution < -0.4 is 9.04 Å². The fourth-order valence-electron chi connectivity index (χ4n) is 2.66.